The maximum absolute atomic E-state index is 12.8. The molecule has 3 fully saturated rings. The Labute approximate surface area is 143 Å². The van der Waals surface area contributed by atoms with Crippen LogP contribution in [0.5, 0.6) is 0 Å². The second kappa shape index (κ2) is 6.37. The van der Waals surface area contributed by atoms with Crippen molar-refractivity contribution < 1.29 is 14.4 Å². The van der Waals surface area contributed by atoms with E-state index in [1.807, 2.05) is 6.92 Å². The van der Waals surface area contributed by atoms with Gasteiger partial charge in [-0.15, -0.1) is 0 Å². The third-order valence-electron chi connectivity index (χ3n) is 6.23. The minimum Gasteiger partial charge on any atom is -0.349 e. The van der Waals surface area contributed by atoms with Gasteiger partial charge in [0.25, 0.3) is 5.91 Å². The molecule has 1 saturated heterocycles. The Balaban J connectivity index is 1.61. The van der Waals surface area contributed by atoms with Gasteiger partial charge in [0.05, 0.1) is 0 Å². The van der Waals surface area contributed by atoms with Gasteiger partial charge >= 0.3 is 6.03 Å². The SMILES string of the molecule is CCC1CCC2(CC1)NC(=O)N(CC(=O)NC1(C)CCCC1)C2=O. The van der Waals surface area contributed by atoms with E-state index in [1.54, 1.807) is 0 Å². The predicted octanol–water partition coefficient (Wildman–Crippen LogP) is 2.33. The van der Waals surface area contributed by atoms with Crippen LogP contribution in [-0.2, 0) is 9.59 Å². The molecule has 2 aliphatic carbocycles. The lowest BCUT2D eigenvalue weighted by Gasteiger charge is -2.34. The second-order valence-electron chi connectivity index (χ2n) is 8.07. The summed E-state index contributed by atoms with van der Waals surface area (Å²) in [6.45, 7) is 4.04. The lowest BCUT2D eigenvalue weighted by molar-refractivity contribution is -0.136. The Morgan fingerprint density at radius 2 is 1.83 bits per heavy atom. The number of imide groups is 1. The molecule has 3 aliphatic rings. The van der Waals surface area contributed by atoms with Gasteiger partial charge in [0.1, 0.15) is 12.1 Å². The first-order valence-corrected chi connectivity index (χ1v) is 9.33. The van der Waals surface area contributed by atoms with Gasteiger partial charge < -0.3 is 10.6 Å². The third-order valence-corrected chi connectivity index (χ3v) is 6.23. The molecule has 1 aliphatic heterocycles. The molecule has 0 atom stereocenters. The van der Waals surface area contributed by atoms with Crippen molar-refractivity contribution in [1.29, 1.82) is 0 Å². The summed E-state index contributed by atoms with van der Waals surface area (Å²) in [4.78, 5) is 38.5. The van der Waals surface area contributed by atoms with Crippen molar-refractivity contribution >= 4 is 17.8 Å². The van der Waals surface area contributed by atoms with Gasteiger partial charge in [-0.3, -0.25) is 14.5 Å². The number of rotatable bonds is 4. The van der Waals surface area contributed by atoms with Crippen LogP contribution in [0.2, 0.25) is 0 Å². The van der Waals surface area contributed by atoms with E-state index in [0.29, 0.717) is 18.8 Å². The highest BCUT2D eigenvalue weighted by molar-refractivity contribution is 6.09. The number of hydrogen-bond acceptors (Lipinski definition) is 3. The molecule has 2 saturated carbocycles. The number of nitrogens with one attached hydrogen (secondary N) is 2. The summed E-state index contributed by atoms with van der Waals surface area (Å²) in [5.41, 5.74) is -0.951. The van der Waals surface area contributed by atoms with Crippen molar-refractivity contribution in [3.63, 3.8) is 0 Å². The van der Waals surface area contributed by atoms with E-state index < -0.39 is 11.6 Å². The van der Waals surface area contributed by atoms with Crippen molar-refractivity contribution in [2.75, 3.05) is 6.54 Å². The number of amides is 4. The summed E-state index contributed by atoms with van der Waals surface area (Å²) < 4.78 is 0. The molecule has 6 heteroatoms. The van der Waals surface area contributed by atoms with Crippen molar-refractivity contribution in [2.24, 2.45) is 5.92 Å². The molecule has 1 heterocycles. The molecular formula is C18H29N3O3. The summed E-state index contributed by atoms with van der Waals surface area (Å²) in [6.07, 6.45) is 8.55. The first kappa shape index (κ1) is 17.2. The monoisotopic (exact) mass is 335 g/mol. The van der Waals surface area contributed by atoms with E-state index in [0.717, 1.165) is 49.8 Å². The molecule has 2 N–H and O–H groups in total. The van der Waals surface area contributed by atoms with Crippen LogP contribution in [0.1, 0.15) is 71.6 Å². The zero-order chi connectivity index (χ0) is 17.4. The van der Waals surface area contributed by atoms with Gasteiger partial charge in [-0.2, -0.15) is 0 Å². The molecule has 0 radical (unpaired) electrons. The fourth-order valence-electron chi connectivity index (χ4n) is 4.54. The predicted molar refractivity (Wildman–Crippen MR) is 90.2 cm³/mol. The maximum atomic E-state index is 12.8. The largest absolute Gasteiger partial charge is 0.349 e. The average molecular weight is 335 g/mol. The number of urea groups is 1. The topological polar surface area (TPSA) is 78.5 Å². The summed E-state index contributed by atoms with van der Waals surface area (Å²) >= 11 is 0. The van der Waals surface area contributed by atoms with Crippen LogP contribution in [0.15, 0.2) is 0 Å². The molecule has 0 unspecified atom stereocenters. The van der Waals surface area contributed by atoms with Gasteiger partial charge in [0.15, 0.2) is 0 Å². The van der Waals surface area contributed by atoms with Gasteiger partial charge in [-0.25, -0.2) is 4.79 Å². The fourth-order valence-corrected chi connectivity index (χ4v) is 4.54. The van der Waals surface area contributed by atoms with E-state index in [1.165, 1.54) is 0 Å². The lowest BCUT2D eigenvalue weighted by Crippen LogP contribution is -2.51. The van der Waals surface area contributed by atoms with Crippen LogP contribution in [0.25, 0.3) is 0 Å². The van der Waals surface area contributed by atoms with Crippen molar-refractivity contribution in [2.45, 2.75) is 82.7 Å². The van der Waals surface area contributed by atoms with Crippen molar-refractivity contribution in [3.05, 3.63) is 0 Å². The van der Waals surface area contributed by atoms with Crippen LogP contribution in [0.4, 0.5) is 4.79 Å². The quantitative estimate of drug-likeness (QED) is 0.774. The van der Waals surface area contributed by atoms with Gasteiger partial charge in [0.2, 0.25) is 5.91 Å². The van der Waals surface area contributed by atoms with E-state index in [9.17, 15) is 14.4 Å². The molecule has 4 amide bonds. The number of hydrogen-bond donors (Lipinski definition) is 2. The van der Waals surface area contributed by atoms with Crippen LogP contribution in [0.3, 0.4) is 0 Å². The Morgan fingerprint density at radius 3 is 2.42 bits per heavy atom. The van der Waals surface area contributed by atoms with Crippen molar-refractivity contribution in [3.8, 4) is 0 Å². The summed E-state index contributed by atoms with van der Waals surface area (Å²) in [6, 6.07) is -0.415. The fraction of sp³-hybridized carbons (Fsp3) is 0.833. The number of nitrogens with zero attached hydrogens (tertiary/aromatic N) is 1. The zero-order valence-electron chi connectivity index (χ0n) is 14.8. The van der Waals surface area contributed by atoms with E-state index in [-0.39, 0.29) is 23.9 Å². The minimum atomic E-state index is -0.764. The molecular weight excluding hydrogens is 306 g/mol. The van der Waals surface area contributed by atoms with Crippen LogP contribution < -0.4 is 10.6 Å². The van der Waals surface area contributed by atoms with Crippen LogP contribution >= 0.6 is 0 Å². The second-order valence-corrected chi connectivity index (χ2v) is 8.07. The van der Waals surface area contributed by atoms with Gasteiger partial charge in [-0.05, 0) is 51.4 Å². The lowest BCUT2D eigenvalue weighted by atomic mass is 9.75. The smallest absolute Gasteiger partial charge is 0.325 e. The minimum absolute atomic E-state index is 0.167. The summed E-state index contributed by atoms with van der Waals surface area (Å²) in [7, 11) is 0. The first-order chi connectivity index (χ1) is 11.4. The standard InChI is InChI=1S/C18H29N3O3/c1-3-13-6-10-18(11-7-13)15(23)21(16(24)20-18)12-14(22)19-17(2)8-4-5-9-17/h13H,3-12H2,1-2H3,(H,19,22)(H,20,24). The summed E-state index contributed by atoms with van der Waals surface area (Å²) in [5.74, 6) is 0.191. The first-order valence-electron chi connectivity index (χ1n) is 9.33. The van der Waals surface area contributed by atoms with Gasteiger partial charge in [0, 0.05) is 5.54 Å². The molecule has 3 rings (SSSR count). The summed E-state index contributed by atoms with van der Waals surface area (Å²) in [5, 5.41) is 5.90. The molecule has 0 aromatic carbocycles. The van der Waals surface area contributed by atoms with Crippen LogP contribution in [0, 0.1) is 5.92 Å². The van der Waals surface area contributed by atoms with E-state index in [2.05, 4.69) is 17.6 Å². The highest BCUT2D eigenvalue weighted by Gasteiger charge is 2.52. The Hall–Kier alpha value is -1.59. The van der Waals surface area contributed by atoms with E-state index in [4.69, 9.17) is 0 Å². The molecule has 134 valence electrons. The maximum Gasteiger partial charge on any atom is 0.325 e. The Morgan fingerprint density at radius 1 is 1.21 bits per heavy atom. The molecule has 0 aromatic heterocycles. The highest BCUT2D eigenvalue weighted by Crippen LogP contribution is 2.37. The number of carbonyl (C=O) groups excluding carboxylic acids is 3. The Kier molecular flexibility index (Phi) is 4.58. The average Bonchev–Trinajstić information content (AvgIpc) is 3.06. The molecule has 0 bridgehead atoms. The highest BCUT2D eigenvalue weighted by atomic mass is 16.2. The normalized spacial score (nSPS) is 32.2. The molecule has 24 heavy (non-hydrogen) atoms. The van der Waals surface area contributed by atoms with Gasteiger partial charge in [-0.1, -0.05) is 26.2 Å². The Bertz CT molecular complexity index is 532. The molecule has 1 spiro atoms. The zero-order valence-corrected chi connectivity index (χ0v) is 14.8. The number of carbonyl (C=O) groups is 3. The van der Waals surface area contributed by atoms with E-state index >= 15 is 0 Å². The van der Waals surface area contributed by atoms with Crippen LogP contribution in [-0.4, -0.2) is 40.4 Å². The van der Waals surface area contributed by atoms with Crippen molar-refractivity contribution in [1.82, 2.24) is 15.5 Å². The molecule has 0 aromatic rings. The third kappa shape index (κ3) is 3.15. The molecule has 6 nitrogen and oxygen atoms in total.